The Kier molecular flexibility index (Phi) is 5.29. The molecule has 0 aliphatic rings. The highest BCUT2D eigenvalue weighted by molar-refractivity contribution is 7.99. The Bertz CT molecular complexity index is 339. The highest BCUT2D eigenvalue weighted by atomic mass is 32.2. The van der Waals surface area contributed by atoms with E-state index in [4.69, 9.17) is 0 Å². The van der Waals surface area contributed by atoms with Gasteiger partial charge in [-0.15, -0.1) is 11.8 Å². The third kappa shape index (κ3) is 3.49. The molecule has 0 aromatic heterocycles. The number of hydrogen-bond donors (Lipinski definition) is 1. The van der Waals surface area contributed by atoms with Crippen LogP contribution in [0, 0.1) is 11.7 Å². The van der Waals surface area contributed by atoms with Crippen LogP contribution in [0.3, 0.4) is 0 Å². The standard InChI is InChI=1S/C13H19FOS/c1-4-9(2)8-16-13-11(10(3)15)6-5-7-12(13)14/h5-7,9-10,15H,4,8H2,1-3H3/t9?,10-/m0/s1. The van der Waals surface area contributed by atoms with E-state index in [0.717, 1.165) is 12.2 Å². The summed E-state index contributed by atoms with van der Waals surface area (Å²) in [6.07, 6.45) is 0.473. The molecule has 16 heavy (non-hydrogen) atoms. The van der Waals surface area contributed by atoms with E-state index in [1.54, 1.807) is 19.1 Å². The lowest BCUT2D eigenvalue weighted by Crippen LogP contribution is -2.00. The SMILES string of the molecule is CCC(C)CSc1c(F)cccc1[C@H](C)O. The maximum atomic E-state index is 13.6. The zero-order chi connectivity index (χ0) is 12.1. The number of hydrogen-bond acceptors (Lipinski definition) is 2. The molecule has 0 aliphatic heterocycles. The average Bonchev–Trinajstić information content (AvgIpc) is 2.26. The lowest BCUT2D eigenvalue weighted by molar-refractivity contribution is 0.195. The average molecular weight is 242 g/mol. The Balaban J connectivity index is 2.84. The van der Waals surface area contributed by atoms with E-state index in [1.807, 2.05) is 0 Å². The Labute approximate surface area is 101 Å². The van der Waals surface area contributed by atoms with Crippen LogP contribution in [0.1, 0.15) is 38.9 Å². The summed E-state index contributed by atoms with van der Waals surface area (Å²) in [7, 11) is 0. The molecule has 1 N–H and O–H groups in total. The first-order valence-electron chi connectivity index (χ1n) is 5.65. The van der Waals surface area contributed by atoms with Crippen LogP contribution in [-0.4, -0.2) is 10.9 Å². The smallest absolute Gasteiger partial charge is 0.137 e. The summed E-state index contributed by atoms with van der Waals surface area (Å²) in [5.74, 6) is 1.22. The number of aliphatic hydroxyl groups is 1. The van der Waals surface area contributed by atoms with E-state index in [1.165, 1.54) is 17.8 Å². The van der Waals surface area contributed by atoms with Crippen molar-refractivity contribution in [2.24, 2.45) is 5.92 Å². The molecule has 0 fully saturated rings. The lowest BCUT2D eigenvalue weighted by Gasteiger charge is -2.14. The van der Waals surface area contributed by atoms with Gasteiger partial charge >= 0.3 is 0 Å². The van der Waals surface area contributed by atoms with Crippen molar-refractivity contribution >= 4 is 11.8 Å². The maximum Gasteiger partial charge on any atom is 0.137 e. The van der Waals surface area contributed by atoms with Crippen molar-refractivity contribution in [1.29, 1.82) is 0 Å². The van der Waals surface area contributed by atoms with Gasteiger partial charge in [-0.25, -0.2) is 4.39 Å². The number of thioether (sulfide) groups is 1. The molecule has 0 aliphatic carbocycles. The maximum absolute atomic E-state index is 13.6. The van der Waals surface area contributed by atoms with E-state index < -0.39 is 6.10 Å². The molecular formula is C13H19FOS. The van der Waals surface area contributed by atoms with Crippen molar-refractivity contribution in [3.05, 3.63) is 29.6 Å². The number of rotatable bonds is 5. The second-order valence-electron chi connectivity index (χ2n) is 4.16. The van der Waals surface area contributed by atoms with Crippen molar-refractivity contribution in [2.45, 2.75) is 38.2 Å². The molecule has 0 saturated carbocycles. The Morgan fingerprint density at radius 3 is 2.62 bits per heavy atom. The fraction of sp³-hybridized carbons (Fsp3) is 0.538. The first kappa shape index (κ1) is 13.5. The predicted molar refractivity (Wildman–Crippen MR) is 67.2 cm³/mol. The van der Waals surface area contributed by atoms with Gasteiger partial charge in [-0.2, -0.15) is 0 Å². The minimum Gasteiger partial charge on any atom is -0.389 e. The molecule has 1 rings (SSSR count). The minimum atomic E-state index is -0.616. The quantitative estimate of drug-likeness (QED) is 0.787. The minimum absolute atomic E-state index is 0.230. The molecular weight excluding hydrogens is 223 g/mol. The van der Waals surface area contributed by atoms with Crippen molar-refractivity contribution < 1.29 is 9.50 Å². The van der Waals surface area contributed by atoms with E-state index in [-0.39, 0.29) is 5.82 Å². The predicted octanol–water partition coefficient (Wildman–Crippen LogP) is 4.02. The monoisotopic (exact) mass is 242 g/mol. The highest BCUT2D eigenvalue weighted by Gasteiger charge is 2.13. The molecule has 90 valence electrons. The Morgan fingerprint density at radius 2 is 2.06 bits per heavy atom. The van der Waals surface area contributed by atoms with E-state index in [9.17, 15) is 9.50 Å². The van der Waals surface area contributed by atoms with Gasteiger partial charge in [0.05, 0.1) is 6.10 Å². The summed E-state index contributed by atoms with van der Waals surface area (Å²) < 4.78 is 13.6. The van der Waals surface area contributed by atoms with Crippen LogP contribution in [0.25, 0.3) is 0 Å². The summed E-state index contributed by atoms with van der Waals surface area (Å²) in [5.41, 5.74) is 0.688. The van der Waals surface area contributed by atoms with Crippen LogP contribution in [-0.2, 0) is 0 Å². The molecule has 0 spiro atoms. The van der Waals surface area contributed by atoms with Gasteiger partial charge in [-0.05, 0) is 24.5 Å². The Morgan fingerprint density at radius 1 is 1.38 bits per heavy atom. The van der Waals surface area contributed by atoms with Crippen molar-refractivity contribution in [3.8, 4) is 0 Å². The highest BCUT2D eigenvalue weighted by Crippen LogP contribution is 2.31. The van der Waals surface area contributed by atoms with Crippen LogP contribution in [0.4, 0.5) is 4.39 Å². The third-order valence-corrected chi connectivity index (χ3v) is 4.11. The van der Waals surface area contributed by atoms with Crippen molar-refractivity contribution in [3.63, 3.8) is 0 Å². The van der Waals surface area contributed by atoms with Gasteiger partial charge in [0.1, 0.15) is 5.82 Å². The lowest BCUT2D eigenvalue weighted by atomic mass is 10.1. The van der Waals surface area contributed by atoms with Gasteiger partial charge in [-0.3, -0.25) is 0 Å². The molecule has 1 aromatic carbocycles. The fourth-order valence-corrected chi connectivity index (χ4v) is 2.65. The summed E-state index contributed by atoms with van der Waals surface area (Å²) in [5, 5.41) is 9.57. The molecule has 1 unspecified atom stereocenters. The number of aliphatic hydroxyl groups excluding tert-OH is 1. The summed E-state index contributed by atoms with van der Waals surface area (Å²) in [4.78, 5) is 0.595. The normalized spacial score (nSPS) is 14.8. The fourth-order valence-electron chi connectivity index (χ4n) is 1.35. The van der Waals surface area contributed by atoms with Crippen LogP contribution < -0.4 is 0 Å². The molecule has 0 radical (unpaired) electrons. The molecule has 0 heterocycles. The number of halogens is 1. The molecule has 0 saturated heterocycles. The van der Waals surface area contributed by atoms with Gasteiger partial charge in [0, 0.05) is 10.6 Å². The summed E-state index contributed by atoms with van der Waals surface area (Å²) in [6.45, 7) is 5.94. The zero-order valence-corrected chi connectivity index (χ0v) is 10.9. The zero-order valence-electron chi connectivity index (χ0n) is 10.0. The van der Waals surface area contributed by atoms with Gasteiger partial charge in [0.15, 0.2) is 0 Å². The largest absolute Gasteiger partial charge is 0.389 e. The van der Waals surface area contributed by atoms with Crippen molar-refractivity contribution in [2.75, 3.05) is 5.75 Å². The third-order valence-electron chi connectivity index (χ3n) is 2.66. The van der Waals surface area contributed by atoms with Crippen LogP contribution in [0.15, 0.2) is 23.1 Å². The van der Waals surface area contributed by atoms with Crippen LogP contribution >= 0.6 is 11.8 Å². The van der Waals surface area contributed by atoms with Crippen molar-refractivity contribution in [1.82, 2.24) is 0 Å². The van der Waals surface area contributed by atoms with Crippen LogP contribution in [0.2, 0.25) is 0 Å². The molecule has 2 atom stereocenters. The molecule has 1 aromatic rings. The molecule has 1 nitrogen and oxygen atoms in total. The molecule has 3 heteroatoms. The second-order valence-corrected chi connectivity index (χ2v) is 5.19. The van der Waals surface area contributed by atoms with Gasteiger partial charge in [-0.1, -0.05) is 32.4 Å². The topological polar surface area (TPSA) is 20.2 Å². The molecule has 0 amide bonds. The van der Waals surface area contributed by atoms with Gasteiger partial charge in [0.25, 0.3) is 0 Å². The molecule has 0 bridgehead atoms. The summed E-state index contributed by atoms with van der Waals surface area (Å²) in [6, 6.07) is 4.88. The first-order valence-corrected chi connectivity index (χ1v) is 6.64. The van der Waals surface area contributed by atoms with E-state index in [2.05, 4.69) is 13.8 Å². The van der Waals surface area contributed by atoms with E-state index in [0.29, 0.717) is 16.4 Å². The van der Waals surface area contributed by atoms with E-state index >= 15 is 0 Å². The number of benzene rings is 1. The second kappa shape index (κ2) is 6.26. The van der Waals surface area contributed by atoms with Gasteiger partial charge in [0.2, 0.25) is 0 Å². The van der Waals surface area contributed by atoms with Gasteiger partial charge < -0.3 is 5.11 Å². The Hall–Kier alpha value is -0.540. The van der Waals surface area contributed by atoms with Crippen LogP contribution in [0.5, 0.6) is 0 Å². The summed E-state index contributed by atoms with van der Waals surface area (Å²) >= 11 is 1.50. The first-order chi connectivity index (χ1) is 7.56.